The Morgan fingerprint density at radius 2 is 2.00 bits per heavy atom. The Bertz CT molecular complexity index is 951. The summed E-state index contributed by atoms with van der Waals surface area (Å²) >= 11 is 1.44. The highest BCUT2D eigenvalue weighted by Crippen LogP contribution is 2.40. The molecule has 0 saturated carbocycles. The van der Waals surface area contributed by atoms with E-state index in [1.165, 1.54) is 16.7 Å². The predicted octanol–water partition coefficient (Wildman–Crippen LogP) is 1.50. The van der Waals surface area contributed by atoms with Gasteiger partial charge in [0.25, 0.3) is 5.91 Å². The Kier molecular flexibility index (Phi) is 6.25. The number of aryl methyl sites for hydroxylation is 2. The maximum absolute atomic E-state index is 12.4. The van der Waals surface area contributed by atoms with E-state index in [9.17, 15) is 24.3 Å². The Morgan fingerprint density at radius 3 is 2.63 bits per heavy atom. The van der Waals surface area contributed by atoms with Crippen LogP contribution in [0.1, 0.15) is 47.6 Å². The lowest BCUT2D eigenvalue weighted by atomic mass is 10.0. The predicted molar refractivity (Wildman–Crippen MR) is 110 cm³/mol. The van der Waals surface area contributed by atoms with E-state index in [4.69, 9.17) is 4.74 Å². The summed E-state index contributed by atoms with van der Waals surface area (Å²) in [5, 5.41) is 11.7. The average Bonchev–Trinajstić information content (AvgIpc) is 2.97. The molecule has 2 amide bonds. The van der Waals surface area contributed by atoms with E-state index in [-0.39, 0.29) is 24.6 Å². The minimum Gasteiger partial charge on any atom is -0.477 e. The number of esters is 1. The minimum atomic E-state index is -1.13. The number of thioether (sulfide) groups is 1. The molecule has 162 valence electrons. The van der Waals surface area contributed by atoms with Gasteiger partial charge >= 0.3 is 11.9 Å². The highest BCUT2D eigenvalue weighted by Gasteiger charge is 2.53. The normalized spacial score (nSPS) is 20.5. The second-order valence-electron chi connectivity index (χ2n) is 7.34. The van der Waals surface area contributed by atoms with E-state index in [1.807, 2.05) is 0 Å². The van der Waals surface area contributed by atoms with Crippen molar-refractivity contribution in [3.8, 4) is 0 Å². The molecule has 10 heteroatoms. The maximum Gasteiger partial charge on any atom is 0.352 e. The molecule has 1 aromatic heterocycles. The van der Waals surface area contributed by atoms with Crippen molar-refractivity contribution >= 4 is 35.5 Å². The minimum absolute atomic E-state index is 0.0122. The summed E-state index contributed by atoms with van der Waals surface area (Å²) in [6.07, 6.45) is 0.505. The number of hydrogen-bond acceptors (Lipinski definition) is 6. The Labute approximate surface area is 178 Å². The van der Waals surface area contributed by atoms with Gasteiger partial charge in [-0.15, -0.1) is 11.8 Å². The fraction of sp³-hybridized carbons (Fsp3) is 0.500. The van der Waals surface area contributed by atoms with Gasteiger partial charge in [-0.25, -0.2) is 9.59 Å². The molecule has 3 rings (SSSR count). The Hall–Kier alpha value is -2.75. The van der Waals surface area contributed by atoms with E-state index in [0.717, 1.165) is 11.3 Å². The molecule has 0 radical (unpaired) electrons. The third-order valence-corrected chi connectivity index (χ3v) is 6.72. The third kappa shape index (κ3) is 3.83. The summed E-state index contributed by atoms with van der Waals surface area (Å²) in [7, 11) is 0. The first-order chi connectivity index (χ1) is 14.2. The van der Waals surface area contributed by atoms with Crippen LogP contribution < -0.4 is 5.32 Å². The van der Waals surface area contributed by atoms with Crippen LogP contribution in [0.2, 0.25) is 0 Å². The molecule has 0 bridgehead atoms. The van der Waals surface area contributed by atoms with Crippen molar-refractivity contribution in [1.82, 2.24) is 15.2 Å². The second kappa shape index (κ2) is 8.55. The number of aliphatic carboxylic acids is 1. The number of H-pyrrole nitrogens is 1. The monoisotopic (exact) mass is 435 g/mol. The topological polar surface area (TPSA) is 129 Å². The van der Waals surface area contributed by atoms with Crippen LogP contribution in [-0.4, -0.2) is 62.5 Å². The molecule has 3 N–H and O–H groups in total. The number of ether oxygens (including phenoxy) is 1. The molecule has 0 spiro atoms. The molecule has 2 atom stereocenters. The van der Waals surface area contributed by atoms with Gasteiger partial charge in [0.15, 0.2) is 0 Å². The number of carbonyl (C=O) groups excluding carboxylic acids is 3. The third-order valence-electron chi connectivity index (χ3n) is 5.30. The summed E-state index contributed by atoms with van der Waals surface area (Å²) in [4.78, 5) is 52.8. The van der Waals surface area contributed by atoms with Crippen molar-refractivity contribution in [2.45, 2.75) is 52.0 Å². The molecule has 30 heavy (non-hydrogen) atoms. The molecule has 0 aromatic carbocycles. The van der Waals surface area contributed by atoms with Crippen LogP contribution in [-0.2, 0) is 25.5 Å². The van der Waals surface area contributed by atoms with E-state index < -0.39 is 29.3 Å². The molecule has 1 fully saturated rings. The fourth-order valence-electron chi connectivity index (χ4n) is 3.83. The van der Waals surface area contributed by atoms with Crippen molar-refractivity contribution in [3.63, 3.8) is 0 Å². The summed E-state index contributed by atoms with van der Waals surface area (Å²) in [6, 6.07) is -0.730. The molecule has 1 saturated heterocycles. The largest absolute Gasteiger partial charge is 0.477 e. The van der Waals surface area contributed by atoms with Crippen LogP contribution in [0.25, 0.3) is 0 Å². The quantitative estimate of drug-likeness (QED) is 0.437. The van der Waals surface area contributed by atoms with E-state index in [2.05, 4.69) is 10.3 Å². The molecule has 2 aliphatic rings. The lowest BCUT2D eigenvalue weighted by Gasteiger charge is -2.49. The van der Waals surface area contributed by atoms with Crippen LogP contribution >= 0.6 is 11.8 Å². The molecular formula is C20H25N3O6S. The zero-order chi connectivity index (χ0) is 22.2. The number of carboxylic acids is 1. The van der Waals surface area contributed by atoms with E-state index >= 15 is 0 Å². The number of β-lactam (4-membered cyclic amide) rings is 1. The number of nitrogens with one attached hydrogen (secondary N) is 2. The van der Waals surface area contributed by atoms with Gasteiger partial charge in [0.05, 0.1) is 12.2 Å². The van der Waals surface area contributed by atoms with Crippen LogP contribution in [0.3, 0.4) is 0 Å². The number of aromatic nitrogens is 1. The number of carboxylic acid groups (broad SMARTS) is 1. The number of amides is 2. The van der Waals surface area contributed by atoms with Crippen LogP contribution in [0, 0.1) is 13.8 Å². The molecule has 9 nitrogen and oxygen atoms in total. The Morgan fingerprint density at radius 1 is 1.30 bits per heavy atom. The van der Waals surface area contributed by atoms with Gasteiger partial charge in [0, 0.05) is 23.6 Å². The maximum atomic E-state index is 12.4. The smallest absolute Gasteiger partial charge is 0.352 e. The van der Waals surface area contributed by atoms with Crippen molar-refractivity contribution in [2.75, 3.05) is 12.4 Å². The van der Waals surface area contributed by atoms with Gasteiger partial charge in [-0.1, -0.05) is 0 Å². The highest BCUT2D eigenvalue weighted by molar-refractivity contribution is 8.00. The lowest BCUT2D eigenvalue weighted by molar-refractivity contribution is -0.150. The lowest BCUT2D eigenvalue weighted by Crippen LogP contribution is -2.70. The molecule has 1 aromatic rings. The van der Waals surface area contributed by atoms with Crippen molar-refractivity contribution in [3.05, 3.63) is 33.8 Å². The second-order valence-corrected chi connectivity index (χ2v) is 8.44. The average molecular weight is 436 g/mol. The number of carbonyl (C=O) groups is 4. The molecule has 2 aliphatic heterocycles. The summed E-state index contributed by atoms with van der Waals surface area (Å²) in [5.41, 5.74) is 3.34. The summed E-state index contributed by atoms with van der Waals surface area (Å²) in [5.74, 6) is -1.74. The molecule has 0 unspecified atom stereocenters. The molecular weight excluding hydrogens is 410 g/mol. The van der Waals surface area contributed by atoms with Gasteiger partial charge < -0.3 is 20.1 Å². The van der Waals surface area contributed by atoms with Gasteiger partial charge in [-0.05, 0) is 45.3 Å². The number of rotatable bonds is 7. The SMILES string of the molecule is CCOC(=O)c1c(C)[nH]c(CCC(=O)N[C@@H]2C(=O)N3C(C(=O)O)=C(C)CS[C@H]23)c1C. The number of hydrogen-bond donors (Lipinski definition) is 3. The zero-order valence-corrected chi connectivity index (χ0v) is 18.1. The molecule has 3 heterocycles. The first-order valence-corrected chi connectivity index (χ1v) is 10.7. The zero-order valence-electron chi connectivity index (χ0n) is 17.3. The van der Waals surface area contributed by atoms with Crippen LogP contribution in [0.4, 0.5) is 0 Å². The van der Waals surface area contributed by atoms with Crippen LogP contribution in [0.15, 0.2) is 11.3 Å². The number of fused-ring (bicyclic) bond motifs is 1. The van der Waals surface area contributed by atoms with Gasteiger partial charge in [0.1, 0.15) is 17.1 Å². The highest BCUT2D eigenvalue weighted by atomic mass is 32.2. The van der Waals surface area contributed by atoms with Gasteiger partial charge in [0.2, 0.25) is 5.91 Å². The Balaban J connectivity index is 1.61. The van der Waals surface area contributed by atoms with Gasteiger partial charge in [-0.3, -0.25) is 14.5 Å². The first kappa shape index (κ1) is 21.9. The van der Waals surface area contributed by atoms with Gasteiger partial charge in [-0.2, -0.15) is 0 Å². The standard InChI is InChI=1S/C20H25N3O6S/c1-5-29-20(28)14-10(3)12(21-11(14)4)6-7-13(24)22-15-17(25)23-16(19(26)27)9(2)8-30-18(15)23/h15,18,21H,5-8H2,1-4H3,(H,22,24)(H,26,27)/t15-,18-/m1/s1. The first-order valence-electron chi connectivity index (χ1n) is 9.69. The molecule has 0 aliphatic carbocycles. The fourth-order valence-corrected chi connectivity index (χ4v) is 5.13. The summed E-state index contributed by atoms with van der Waals surface area (Å²) in [6.45, 7) is 7.30. The van der Waals surface area contributed by atoms with E-state index in [1.54, 1.807) is 27.7 Å². The summed E-state index contributed by atoms with van der Waals surface area (Å²) < 4.78 is 5.07. The van der Waals surface area contributed by atoms with Crippen molar-refractivity contribution < 1.29 is 29.0 Å². The van der Waals surface area contributed by atoms with Crippen molar-refractivity contribution in [2.24, 2.45) is 0 Å². The van der Waals surface area contributed by atoms with Crippen molar-refractivity contribution in [1.29, 1.82) is 0 Å². The number of aromatic amines is 1. The van der Waals surface area contributed by atoms with E-state index in [0.29, 0.717) is 29.0 Å². The number of nitrogens with zero attached hydrogens (tertiary/aromatic N) is 1. The van der Waals surface area contributed by atoms with Crippen LogP contribution in [0.5, 0.6) is 0 Å².